The lowest BCUT2D eigenvalue weighted by atomic mass is 10.1. The van der Waals surface area contributed by atoms with Gasteiger partial charge in [0, 0.05) is 42.6 Å². The van der Waals surface area contributed by atoms with Gasteiger partial charge in [0.2, 0.25) is 17.7 Å². The van der Waals surface area contributed by atoms with Crippen molar-refractivity contribution < 1.29 is 13.9 Å². The molecule has 0 saturated carbocycles. The lowest BCUT2D eigenvalue weighted by molar-refractivity contribution is 0.397. The zero-order chi connectivity index (χ0) is 19.5. The molecule has 0 aliphatic heterocycles. The molecule has 0 aliphatic carbocycles. The summed E-state index contributed by atoms with van der Waals surface area (Å²) < 4.78 is 25.0. The van der Waals surface area contributed by atoms with E-state index in [1.807, 2.05) is 12.1 Å². The van der Waals surface area contributed by atoms with Crippen LogP contribution in [0.15, 0.2) is 43.0 Å². The highest BCUT2D eigenvalue weighted by atomic mass is 19.1. The number of nitrogens with zero attached hydrogens (tertiary/aromatic N) is 4. The SMILES string of the molecule is COc1ccc(Cc2ccc(Cc3c[nH]c4ncnc(OC)c34)c(F)n2)cn1. The van der Waals surface area contributed by atoms with Crippen LogP contribution < -0.4 is 9.47 Å². The molecule has 0 fully saturated rings. The zero-order valence-corrected chi connectivity index (χ0v) is 15.4. The van der Waals surface area contributed by atoms with Crippen molar-refractivity contribution in [2.24, 2.45) is 0 Å². The van der Waals surface area contributed by atoms with E-state index in [1.54, 1.807) is 38.7 Å². The highest BCUT2D eigenvalue weighted by molar-refractivity contribution is 5.85. The molecular weight excluding hydrogens is 361 g/mol. The van der Waals surface area contributed by atoms with Crippen molar-refractivity contribution >= 4 is 11.0 Å². The van der Waals surface area contributed by atoms with E-state index in [-0.39, 0.29) is 0 Å². The van der Waals surface area contributed by atoms with E-state index in [1.165, 1.54) is 6.33 Å². The highest BCUT2D eigenvalue weighted by Crippen LogP contribution is 2.27. The number of pyridine rings is 2. The van der Waals surface area contributed by atoms with Gasteiger partial charge in [0.25, 0.3) is 0 Å². The number of hydrogen-bond donors (Lipinski definition) is 1. The van der Waals surface area contributed by atoms with Crippen LogP contribution >= 0.6 is 0 Å². The van der Waals surface area contributed by atoms with E-state index >= 15 is 0 Å². The number of H-pyrrole nitrogens is 1. The van der Waals surface area contributed by atoms with Crippen molar-refractivity contribution in [2.75, 3.05) is 14.2 Å². The molecule has 0 bridgehead atoms. The van der Waals surface area contributed by atoms with E-state index in [2.05, 4.69) is 24.9 Å². The van der Waals surface area contributed by atoms with Crippen LogP contribution in [0, 0.1) is 5.95 Å². The van der Waals surface area contributed by atoms with Gasteiger partial charge in [-0.2, -0.15) is 4.39 Å². The molecule has 4 rings (SSSR count). The summed E-state index contributed by atoms with van der Waals surface area (Å²) in [5.41, 5.74) is 3.55. The summed E-state index contributed by atoms with van der Waals surface area (Å²) in [4.78, 5) is 19.6. The highest BCUT2D eigenvalue weighted by Gasteiger charge is 2.14. The van der Waals surface area contributed by atoms with Gasteiger partial charge in [0.1, 0.15) is 12.0 Å². The molecule has 8 heteroatoms. The molecule has 0 unspecified atom stereocenters. The van der Waals surface area contributed by atoms with Crippen LogP contribution in [0.1, 0.15) is 22.4 Å². The molecule has 7 nitrogen and oxygen atoms in total. The van der Waals surface area contributed by atoms with Crippen molar-refractivity contribution in [3.8, 4) is 11.8 Å². The summed E-state index contributed by atoms with van der Waals surface area (Å²) in [5.74, 6) is 0.499. The number of methoxy groups -OCH3 is 2. The minimum atomic E-state index is -0.496. The molecule has 0 saturated heterocycles. The molecule has 4 aromatic heterocycles. The predicted molar refractivity (Wildman–Crippen MR) is 101 cm³/mol. The fourth-order valence-electron chi connectivity index (χ4n) is 3.07. The Morgan fingerprint density at radius 2 is 1.86 bits per heavy atom. The first-order valence-corrected chi connectivity index (χ1v) is 8.66. The molecule has 0 aromatic carbocycles. The van der Waals surface area contributed by atoms with E-state index < -0.39 is 5.95 Å². The first-order valence-electron chi connectivity index (χ1n) is 8.66. The number of halogens is 1. The molecule has 0 amide bonds. The Kier molecular flexibility index (Phi) is 4.84. The largest absolute Gasteiger partial charge is 0.481 e. The molecule has 4 heterocycles. The second kappa shape index (κ2) is 7.59. The van der Waals surface area contributed by atoms with Crippen molar-refractivity contribution in [3.05, 3.63) is 71.3 Å². The summed E-state index contributed by atoms with van der Waals surface area (Å²) in [5, 5.41) is 0.748. The van der Waals surface area contributed by atoms with E-state index in [0.29, 0.717) is 41.5 Å². The lowest BCUT2D eigenvalue weighted by Crippen LogP contribution is -2.01. The fourth-order valence-corrected chi connectivity index (χ4v) is 3.07. The number of aromatic amines is 1. The summed E-state index contributed by atoms with van der Waals surface area (Å²) in [6, 6.07) is 7.24. The second-order valence-corrected chi connectivity index (χ2v) is 6.24. The normalized spacial score (nSPS) is 11.0. The Balaban J connectivity index is 1.57. The molecule has 0 atom stereocenters. The smallest absolute Gasteiger partial charge is 0.226 e. The number of rotatable bonds is 6. The molecule has 1 N–H and O–H groups in total. The third-order valence-corrected chi connectivity index (χ3v) is 4.47. The maximum Gasteiger partial charge on any atom is 0.226 e. The first kappa shape index (κ1) is 17.8. The average Bonchev–Trinajstić information content (AvgIpc) is 3.13. The molecule has 0 spiro atoms. The monoisotopic (exact) mass is 379 g/mol. The van der Waals surface area contributed by atoms with Gasteiger partial charge in [0.05, 0.1) is 19.6 Å². The van der Waals surface area contributed by atoms with Crippen molar-refractivity contribution in [2.45, 2.75) is 12.8 Å². The molecule has 4 aromatic rings. The Labute approximate surface area is 160 Å². The van der Waals surface area contributed by atoms with E-state index in [0.717, 1.165) is 16.5 Å². The van der Waals surface area contributed by atoms with Gasteiger partial charge >= 0.3 is 0 Å². The molecule has 142 valence electrons. The van der Waals surface area contributed by atoms with Crippen LogP contribution in [0.3, 0.4) is 0 Å². The minimum absolute atomic E-state index is 0.354. The van der Waals surface area contributed by atoms with Gasteiger partial charge in [-0.05, 0) is 17.2 Å². The predicted octanol–water partition coefficient (Wildman–Crippen LogP) is 3.09. The maximum atomic E-state index is 14.6. The molecule has 0 radical (unpaired) electrons. The Hall–Kier alpha value is -3.55. The number of nitrogens with one attached hydrogen (secondary N) is 1. The van der Waals surface area contributed by atoms with Gasteiger partial charge in [-0.3, -0.25) is 0 Å². The third kappa shape index (κ3) is 3.48. The first-order chi connectivity index (χ1) is 13.7. The van der Waals surface area contributed by atoms with Crippen LogP contribution in [0.2, 0.25) is 0 Å². The minimum Gasteiger partial charge on any atom is -0.481 e. The standard InChI is InChI=1S/C20H18FN5O2/c1-27-16-6-3-12(9-22-16)7-15-5-4-13(18(21)26-15)8-14-10-23-19-17(14)20(28-2)25-11-24-19/h3-6,9-11H,7-8H2,1-2H3,(H,23,24,25). The molecule has 28 heavy (non-hydrogen) atoms. The van der Waals surface area contributed by atoms with Crippen LogP contribution in [0.5, 0.6) is 11.8 Å². The van der Waals surface area contributed by atoms with Crippen molar-refractivity contribution in [1.29, 1.82) is 0 Å². The summed E-state index contributed by atoms with van der Waals surface area (Å²) >= 11 is 0. The topological polar surface area (TPSA) is 85.8 Å². The van der Waals surface area contributed by atoms with E-state index in [9.17, 15) is 4.39 Å². The van der Waals surface area contributed by atoms with Gasteiger partial charge in [-0.15, -0.1) is 0 Å². The Bertz CT molecular complexity index is 1110. The van der Waals surface area contributed by atoms with E-state index in [4.69, 9.17) is 9.47 Å². The Morgan fingerprint density at radius 1 is 0.964 bits per heavy atom. The maximum absolute atomic E-state index is 14.6. The quantitative estimate of drug-likeness (QED) is 0.518. The second-order valence-electron chi connectivity index (χ2n) is 6.24. The van der Waals surface area contributed by atoms with Gasteiger partial charge in [-0.1, -0.05) is 12.1 Å². The van der Waals surface area contributed by atoms with Gasteiger partial charge < -0.3 is 14.5 Å². The number of hydrogen-bond acceptors (Lipinski definition) is 6. The average molecular weight is 379 g/mol. The van der Waals surface area contributed by atoms with Crippen LogP contribution in [0.4, 0.5) is 4.39 Å². The number of fused-ring (bicyclic) bond motifs is 1. The van der Waals surface area contributed by atoms with Crippen LogP contribution in [-0.4, -0.2) is 39.1 Å². The number of ether oxygens (including phenoxy) is 2. The third-order valence-electron chi connectivity index (χ3n) is 4.47. The van der Waals surface area contributed by atoms with Crippen LogP contribution in [0.25, 0.3) is 11.0 Å². The van der Waals surface area contributed by atoms with Crippen molar-refractivity contribution in [1.82, 2.24) is 24.9 Å². The van der Waals surface area contributed by atoms with Crippen molar-refractivity contribution in [3.63, 3.8) is 0 Å². The molecular formula is C20H18FN5O2. The molecule has 0 aliphatic rings. The summed E-state index contributed by atoms with van der Waals surface area (Å²) in [7, 11) is 3.11. The Morgan fingerprint density at radius 3 is 2.57 bits per heavy atom. The van der Waals surface area contributed by atoms with Gasteiger partial charge in [-0.25, -0.2) is 19.9 Å². The lowest BCUT2D eigenvalue weighted by Gasteiger charge is -2.07. The number of aromatic nitrogens is 5. The fraction of sp³-hybridized carbons (Fsp3) is 0.200. The van der Waals surface area contributed by atoms with Crippen LogP contribution in [-0.2, 0) is 12.8 Å². The van der Waals surface area contributed by atoms with Gasteiger partial charge in [0.15, 0.2) is 0 Å². The zero-order valence-electron chi connectivity index (χ0n) is 15.4. The summed E-state index contributed by atoms with van der Waals surface area (Å²) in [6.45, 7) is 0. The summed E-state index contributed by atoms with van der Waals surface area (Å²) in [6.07, 6.45) is 5.76.